The van der Waals surface area contributed by atoms with E-state index in [1.165, 1.54) is 0 Å². The highest BCUT2D eigenvalue weighted by atomic mass is 35.5. The molecule has 13 heavy (non-hydrogen) atoms. The highest BCUT2D eigenvalue weighted by Crippen LogP contribution is 2.63. The van der Waals surface area contributed by atoms with E-state index in [1.54, 1.807) is 13.8 Å². The Balaban J connectivity index is 2.58. The summed E-state index contributed by atoms with van der Waals surface area (Å²) < 4.78 is -0.925. The van der Waals surface area contributed by atoms with Gasteiger partial charge in [-0.3, -0.25) is 4.79 Å². The molecule has 1 aliphatic carbocycles. The van der Waals surface area contributed by atoms with Gasteiger partial charge in [0.15, 0.2) is 0 Å². The van der Waals surface area contributed by atoms with Crippen LogP contribution in [0, 0.1) is 17.8 Å². The molecule has 0 bridgehead atoms. The Morgan fingerprint density at radius 1 is 1.69 bits per heavy atom. The molecule has 0 aromatic heterocycles. The van der Waals surface area contributed by atoms with Crippen LogP contribution >= 0.6 is 23.2 Å². The van der Waals surface area contributed by atoms with Gasteiger partial charge in [0.2, 0.25) is 5.91 Å². The molecule has 0 aromatic carbocycles. The van der Waals surface area contributed by atoms with Crippen molar-refractivity contribution < 1.29 is 4.79 Å². The zero-order valence-electron chi connectivity index (χ0n) is 7.53. The fourth-order valence-corrected chi connectivity index (χ4v) is 1.75. The number of carbonyl (C=O) groups excluding carboxylic acids is 1. The van der Waals surface area contributed by atoms with Crippen molar-refractivity contribution in [2.45, 2.75) is 30.6 Å². The number of hydrogen-bond donors (Lipinski definition) is 1. The standard InChI is InChI=1S/C9H11Cl2NO/c1-4-6(2)12-7(13)8(3)5-9(8,10)11/h1,6H,5H2,2-3H3,(H,12,13). The van der Waals surface area contributed by atoms with E-state index in [4.69, 9.17) is 29.6 Å². The Morgan fingerprint density at radius 2 is 2.15 bits per heavy atom. The van der Waals surface area contributed by atoms with Crippen LogP contribution < -0.4 is 5.32 Å². The minimum Gasteiger partial charge on any atom is -0.342 e. The fourth-order valence-electron chi connectivity index (χ4n) is 1.04. The van der Waals surface area contributed by atoms with Crippen molar-refractivity contribution in [3.63, 3.8) is 0 Å². The molecule has 1 N–H and O–H groups in total. The monoisotopic (exact) mass is 219 g/mol. The number of alkyl halides is 2. The van der Waals surface area contributed by atoms with Crippen LogP contribution in [0.5, 0.6) is 0 Å². The van der Waals surface area contributed by atoms with Crippen LogP contribution in [0.3, 0.4) is 0 Å². The van der Waals surface area contributed by atoms with E-state index in [0.29, 0.717) is 6.42 Å². The van der Waals surface area contributed by atoms with Gasteiger partial charge >= 0.3 is 0 Å². The zero-order chi connectivity index (χ0) is 10.3. The van der Waals surface area contributed by atoms with Gasteiger partial charge in [-0.2, -0.15) is 0 Å². The Hall–Kier alpha value is -0.390. The van der Waals surface area contributed by atoms with Gasteiger partial charge in [-0.15, -0.1) is 29.6 Å². The van der Waals surface area contributed by atoms with Crippen molar-refractivity contribution in [2.75, 3.05) is 0 Å². The van der Waals surface area contributed by atoms with E-state index in [9.17, 15) is 4.79 Å². The van der Waals surface area contributed by atoms with Crippen molar-refractivity contribution >= 4 is 29.1 Å². The van der Waals surface area contributed by atoms with E-state index >= 15 is 0 Å². The third-order valence-electron chi connectivity index (χ3n) is 2.36. The quantitative estimate of drug-likeness (QED) is 0.557. The summed E-state index contributed by atoms with van der Waals surface area (Å²) in [5.41, 5.74) is -0.679. The SMILES string of the molecule is C#CC(C)NC(=O)C1(C)CC1(Cl)Cl. The molecular formula is C9H11Cl2NO. The second-order valence-corrected chi connectivity index (χ2v) is 5.06. The molecule has 1 aliphatic rings. The summed E-state index contributed by atoms with van der Waals surface area (Å²) in [7, 11) is 0. The fraction of sp³-hybridized carbons (Fsp3) is 0.667. The summed E-state index contributed by atoms with van der Waals surface area (Å²) in [4.78, 5) is 11.5. The van der Waals surface area contributed by atoms with Crippen molar-refractivity contribution in [3.8, 4) is 12.3 Å². The Morgan fingerprint density at radius 3 is 2.46 bits per heavy atom. The lowest BCUT2D eigenvalue weighted by atomic mass is 10.1. The molecule has 1 rings (SSSR count). The average Bonchev–Trinajstić information content (AvgIpc) is 2.52. The molecule has 2 unspecified atom stereocenters. The van der Waals surface area contributed by atoms with Gasteiger partial charge in [-0.1, -0.05) is 5.92 Å². The molecule has 1 amide bonds. The number of halogens is 2. The number of amides is 1. The topological polar surface area (TPSA) is 29.1 Å². The molecular weight excluding hydrogens is 209 g/mol. The van der Waals surface area contributed by atoms with Crippen molar-refractivity contribution in [3.05, 3.63) is 0 Å². The first-order chi connectivity index (χ1) is 5.83. The Labute approximate surface area is 88.0 Å². The summed E-state index contributed by atoms with van der Waals surface area (Å²) in [5.74, 6) is 2.23. The summed E-state index contributed by atoms with van der Waals surface area (Å²) in [6.07, 6.45) is 5.60. The van der Waals surface area contributed by atoms with Gasteiger partial charge in [0, 0.05) is 0 Å². The molecule has 2 atom stereocenters. The number of hydrogen-bond acceptors (Lipinski definition) is 1. The average molecular weight is 220 g/mol. The molecule has 0 saturated heterocycles. The van der Waals surface area contributed by atoms with Gasteiger partial charge in [-0.25, -0.2) is 0 Å². The van der Waals surface area contributed by atoms with E-state index in [2.05, 4.69) is 11.2 Å². The van der Waals surface area contributed by atoms with Crippen LogP contribution in [-0.2, 0) is 4.79 Å². The summed E-state index contributed by atoms with van der Waals surface area (Å²) in [6, 6.07) is -0.283. The third kappa shape index (κ3) is 1.77. The minimum absolute atomic E-state index is 0.178. The lowest BCUT2D eigenvalue weighted by Gasteiger charge is -2.14. The first-order valence-corrected chi connectivity index (χ1v) is 4.74. The van der Waals surface area contributed by atoms with Crippen LogP contribution in [0.2, 0.25) is 0 Å². The van der Waals surface area contributed by atoms with Gasteiger partial charge < -0.3 is 5.32 Å². The molecule has 2 nitrogen and oxygen atoms in total. The molecule has 1 fully saturated rings. The molecule has 0 spiro atoms. The second-order valence-electron chi connectivity index (χ2n) is 3.58. The van der Waals surface area contributed by atoms with Crippen LogP contribution in [0.25, 0.3) is 0 Å². The van der Waals surface area contributed by atoms with Gasteiger partial charge in [0.1, 0.15) is 4.33 Å². The third-order valence-corrected chi connectivity index (χ3v) is 3.46. The normalized spacial score (nSPS) is 31.6. The highest BCUT2D eigenvalue weighted by Gasteiger charge is 2.67. The lowest BCUT2D eigenvalue weighted by Crippen LogP contribution is -2.38. The van der Waals surface area contributed by atoms with Crippen LogP contribution in [-0.4, -0.2) is 16.3 Å². The molecule has 0 radical (unpaired) electrons. The highest BCUT2D eigenvalue weighted by molar-refractivity contribution is 6.53. The molecule has 4 heteroatoms. The summed E-state index contributed by atoms with van der Waals surface area (Å²) >= 11 is 11.6. The van der Waals surface area contributed by atoms with Crippen molar-refractivity contribution in [2.24, 2.45) is 5.41 Å². The van der Waals surface area contributed by atoms with E-state index in [0.717, 1.165) is 0 Å². The predicted molar refractivity (Wildman–Crippen MR) is 53.6 cm³/mol. The molecule has 0 aromatic rings. The minimum atomic E-state index is -0.925. The lowest BCUT2D eigenvalue weighted by molar-refractivity contribution is -0.126. The predicted octanol–water partition coefficient (Wildman–Crippen LogP) is 1.71. The van der Waals surface area contributed by atoms with Gasteiger partial charge in [-0.05, 0) is 20.3 Å². The maximum Gasteiger partial charge on any atom is 0.230 e. The molecule has 0 heterocycles. The van der Waals surface area contributed by atoms with Gasteiger partial charge in [0.25, 0.3) is 0 Å². The molecule has 72 valence electrons. The molecule has 1 saturated carbocycles. The number of terminal acetylenes is 1. The summed E-state index contributed by atoms with van der Waals surface area (Å²) in [6.45, 7) is 3.46. The number of rotatable bonds is 2. The Bertz CT molecular complexity index is 282. The van der Waals surface area contributed by atoms with Crippen LogP contribution in [0.1, 0.15) is 20.3 Å². The van der Waals surface area contributed by atoms with E-state index < -0.39 is 9.75 Å². The maximum absolute atomic E-state index is 11.5. The zero-order valence-corrected chi connectivity index (χ0v) is 9.04. The summed E-state index contributed by atoms with van der Waals surface area (Å²) in [5, 5.41) is 2.64. The van der Waals surface area contributed by atoms with Crippen molar-refractivity contribution in [1.29, 1.82) is 0 Å². The Kier molecular flexibility index (Phi) is 2.53. The van der Waals surface area contributed by atoms with Gasteiger partial charge in [0.05, 0.1) is 11.5 Å². The van der Waals surface area contributed by atoms with E-state index in [1.807, 2.05) is 0 Å². The maximum atomic E-state index is 11.5. The first kappa shape index (κ1) is 10.7. The first-order valence-electron chi connectivity index (χ1n) is 3.98. The van der Waals surface area contributed by atoms with Crippen molar-refractivity contribution in [1.82, 2.24) is 5.32 Å². The van der Waals surface area contributed by atoms with E-state index in [-0.39, 0.29) is 11.9 Å². The second kappa shape index (κ2) is 3.08. The molecule has 0 aliphatic heterocycles. The van der Waals surface area contributed by atoms with Crippen LogP contribution in [0.15, 0.2) is 0 Å². The number of carbonyl (C=O) groups is 1. The number of nitrogens with one attached hydrogen (secondary N) is 1. The smallest absolute Gasteiger partial charge is 0.230 e. The van der Waals surface area contributed by atoms with Crippen LogP contribution in [0.4, 0.5) is 0 Å². The largest absolute Gasteiger partial charge is 0.342 e.